The molecule has 0 spiro atoms. The molecule has 0 bridgehead atoms. The highest BCUT2D eigenvalue weighted by Crippen LogP contribution is 2.28. The number of fused-ring (bicyclic) bond motifs is 1. The Morgan fingerprint density at radius 2 is 2.29 bits per heavy atom. The lowest BCUT2D eigenvalue weighted by molar-refractivity contribution is 0.0949. The molecule has 7 nitrogen and oxygen atoms in total. The van der Waals surface area contributed by atoms with Crippen LogP contribution in [0.25, 0.3) is 0 Å². The predicted octanol–water partition coefficient (Wildman–Crippen LogP) is 2.16. The van der Waals surface area contributed by atoms with Crippen molar-refractivity contribution in [1.29, 1.82) is 0 Å². The maximum atomic E-state index is 12.2. The lowest BCUT2D eigenvalue weighted by atomic mass is 9.96. The fraction of sp³-hybridized carbons (Fsp3) is 0.353. The van der Waals surface area contributed by atoms with E-state index in [0.717, 1.165) is 36.9 Å². The third kappa shape index (κ3) is 3.24. The Kier molecular flexibility index (Phi) is 4.79. The second kappa shape index (κ2) is 7.16. The molecule has 7 heteroatoms. The number of aryl methyl sites for hydroxylation is 1. The van der Waals surface area contributed by atoms with Crippen molar-refractivity contribution in [2.24, 2.45) is 5.10 Å². The summed E-state index contributed by atoms with van der Waals surface area (Å²) in [5, 5.41) is 21.0. The molecule has 0 fully saturated rings. The first kappa shape index (κ1) is 16.0. The average Bonchev–Trinajstić information content (AvgIpc) is 3.02. The molecule has 0 aliphatic heterocycles. The van der Waals surface area contributed by atoms with Gasteiger partial charge in [0.15, 0.2) is 17.2 Å². The molecule has 24 heavy (non-hydrogen) atoms. The number of amides is 1. The van der Waals surface area contributed by atoms with E-state index in [2.05, 4.69) is 20.7 Å². The van der Waals surface area contributed by atoms with Crippen molar-refractivity contribution in [3.63, 3.8) is 0 Å². The molecule has 3 N–H and O–H groups in total. The summed E-state index contributed by atoms with van der Waals surface area (Å²) in [6, 6.07) is 5.10. The predicted molar refractivity (Wildman–Crippen MR) is 89.6 cm³/mol. The van der Waals surface area contributed by atoms with E-state index in [1.807, 2.05) is 6.92 Å². The Hall–Kier alpha value is -2.83. The maximum absolute atomic E-state index is 12.2. The van der Waals surface area contributed by atoms with Crippen LogP contribution in [0.4, 0.5) is 0 Å². The van der Waals surface area contributed by atoms with Gasteiger partial charge in [0.1, 0.15) is 0 Å². The monoisotopic (exact) mass is 328 g/mol. The van der Waals surface area contributed by atoms with Crippen molar-refractivity contribution in [2.45, 2.75) is 32.6 Å². The second-order valence-corrected chi connectivity index (χ2v) is 5.56. The minimum Gasteiger partial charge on any atom is -0.504 e. The highest BCUT2D eigenvalue weighted by atomic mass is 16.5. The van der Waals surface area contributed by atoms with Crippen molar-refractivity contribution in [2.75, 3.05) is 6.61 Å². The quantitative estimate of drug-likeness (QED) is 0.578. The van der Waals surface area contributed by atoms with E-state index in [1.165, 1.54) is 6.21 Å². The van der Waals surface area contributed by atoms with Crippen LogP contribution in [0.2, 0.25) is 0 Å². The number of carbonyl (C=O) groups excluding carboxylic acids is 1. The normalized spacial score (nSPS) is 13.7. The van der Waals surface area contributed by atoms with Gasteiger partial charge in [-0.2, -0.15) is 10.2 Å². The minimum absolute atomic E-state index is 0.00509. The van der Waals surface area contributed by atoms with E-state index in [0.29, 0.717) is 23.6 Å². The molecule has 0 atom stereocenters. The van der Waals surface area contributed by atoms with E-state index in [1.54, 1.807) is 18.2 Å². The summed E-state index contributed by atoms with van der Waals surface area (Å²) in [6.45, 7) is 2.29. The lowest BCUT2D eigenvalue weighted by Gasteiger charge is -2.10. The third-order valence-electron chi connectivity index (χ3n) is 3.97. The molecule has 126 valence electrons. The number of nitrogens with zero attached hydrogens (tertiary/aromatic N) is 2. The van der Waals surface area contributed by atoms with Crippen LogP contribution in [-0.4, -0.2) is 34.0 Å². The van der Waals surface area contributed by atoms with Gasteiger partial charge in [0.05, 0.1) is 12.8 Å². The highest BCUT2D eigenvalue weighted by molar-refractivity contribution is 5.95. The smallest absolute Gasteiger partial charge is 0.292 e. The largest absolute Gasteiger partial charge is 0.504 e. The zero-order valence-electron chi connectivity index (χ0n) is 13.5. The van der Waals surface area contributed by atoms with Gasteiger partial charge in [-0.15, -0.1) is 0 Å². The van der Waals surface area contributed by atoms with Gasteiger partial charge < -0.3 is 9.84 Å². The maximum Gasteiger partial charge on any atom is 0.292 e. The Balaban J connectivity index is 1.69. The number of para-hydroxylation sites is 1. The van der Waals surface area contributed by atoms with Crippen molar-refractivity contribution >= 4 is 12.1 Å². The number of hydrogen-bond donors (Lipinski definition) is 3. The van der Waals surface area contributed by atoms with E-state index < -0.39 is 0 Å². The van der Waals surface area contributed by atoms with Crippen LogP contribution in [0.1, 0.15) is 47.1 Å². The molecule has 0 radical (unpaired) electrons. The van der Waals surface area contributed by atoms with E-state index in [4.69, 9.17) is 4.74 Å². The van der Waals surface area contributed by atoms with Crippen molar-refractivity contribution in [3.8, 4) is 11.5 Å². The Morgan fingerprint density at radius 3 is 3.12 bits per heavy atom. The minimum atomic E-state index is -0.355. The number of rotatable bonds is 5. The standard InChI is InChI=1S/C17H20N4O3/c1-2-24-14-9-5-6-11(16(14)22)10-18-21-17(23)15-12-7-3-4-8-13(12)19-20-15/h5-6,9-10,22H,2-4,7-8H2,1H3,(H,19,20)(H,21,23). The highest BCUT2D eigenvalue weighted by Gasteiger charge is 2.21. The van der Waals surface area contributed by atoms with Gasteiger partial charge in [0.25, 0.3) is 5.91 Å². The number of phenolic OH excluding ortho intramolecular Hbond substituents is 1. The number of aromatic amines is 1. The Morgan fingerprint density at radius 1 is 1.46 bits per heavy atom. The molecule has 1 aliphatic rings. The third-order valence-corrected chi connectivity index (χ3v) is 3.97. The number of H-pyrrole nitrogens is 1. The summed E-state index contributed by atoms with van der Waals surface area (Å²) < 4.78 is 5.31. The molecular formula is C17H20N4O3. The molecule has 0 saturated heterocycles. The van der Waals surface area contributed by atoms with Gasteiger partial charge in [-0.25, -0.2) is 5.43 Å². The summed E-state index contributed by atoms with van der Waals surface area (Å²) in [4.78, 5) is 12.2. The van der Waals surface area contributed by atoms with Gasteiger partial charge >= 0.3 is 0 Å². The van der Waals surface area contributed by atoms with Crippen LogP contribution < -0.4 is 10.2 Å². The number of aromatic nitrogens is 2. The first-order valence-corrected chi connectivity index (χ1v) is 8.05. The number of ether oxygens (including phenoxy) is 1. The molecule has 2 aromatic rings. The SMILES string of the molecule is CCOc1cccc(C=NNC(=O)c2n[nH]c3c2CCCC3)c1O. The van der Waals surface area contributed by atoms with Crippen molar-refractivity contribution < 1.29 is 14.6 Å². The Labute approximate surface area is 139 Å². The average molecular weight is 328 g/mol. The molecule has 1 aliphatic carbocycles. The number of aromatic hydroxyl groups is 1. The second-order valence-electron chi connectivity index (χ2n) is 5.56. The summed E-state index contributed by atoms with van der Waals surface area (Å²) in [7, 11) is 0. The number of nitrogens with one attached hydrogen (secondary N) is 2. The van der Waals surface area contributed by atoms with E-state index in [-0.39, 0.29) is 11.7 Å². The topological polar surface area (TPSA) is 99.6 Å². The molecule has 0 saturated carbocycles. The van der Waals surface area contributed by atoms with E-state index >= 15 is 0 Å². The molecule has 1 heterocycles. The Bertz CT molecular complexity index is 767. The molecule has 0 unspecified atom stereocenters. The number of carbonyl (C=O) groups is 1. The molecule has 1 aromatic heterocycles. The number of phenols is 1. The summed E-state index contributed by atoms with van der Waals surface area (Å²) in [5.74, 6) is 0.0229. The van der Waals surface area contributed by atoms with Gasteiger partial charge in [-0.1, -0.05) is 6.07 Å². The zero-order chi connectivity index (χ0) is 16.9. The number of hydrogen-bond acceptors (Lipinski definition) is 5. The molecule has 1 aromatic carbocycles. The van der Waals surface area contributed by atoms with Crippen molar-refractivity contribution in [1.82, 2.24) is 15.6 Å². The van der Waals surface area contributed by atoms with Crippen LogP contribution in [0.15, 0.2) is 23.3 Å². The number of hydrazone groups is 1. The van der Waals surface area contributed by atoms with Gasteiger partial charge in [-0.3, -0.25) is 9.89 Å². The van der Waals surface area contributed by atoms with Gasteiger partial charge in [0, 0.05) is 16.8 Å². The molecular weight excluding hydrogens is 308 g/mol. The lowest BCUT2D eigenvalue weighted by Crippen LogP contribution is -2.20. The summed E-state index contributed by atoms with van der Waals surface area (Å²) in [5.41, 5.74) is 5.34. The first-order chi connectivity index (χ1) is 11.7. The van der Waals surface area contributed by atoms with Crippen LogP contribution in [0.3, 0.4) is 0 Å². The van der Waals surface area contributed by atoms with Crippen LogP contribution >= 0.6 is 0 Å². The molecule has 3 rings (SSSR count). The fourth-order valence-electron chi connectivity index (χ4n) is 2.80. The fourth-order valence-corrected chi connectivity index (χ4v) is 2.80. The zero-order valence-corrected chi connectivity index (χ0v) is 13.5. The van der Waals surface area contributed by atoms with Gasteiger partial charge in [-0.05, 0) is 44.7 Å². The summed E-state index contributed by atoms with van der Waals surface area (Å²) >= 11 is 0. The first-order valence-electron chi connectivity index (χ1n) is 8.05. The van der Waals surface area contributed by atoms with Crippen molar-refractivity contribution in [3.05, 3.63) is 40.7 Å². The van der Waals surface area contributed by atoms with E-state index in [9.17, 15) is 9.90 Å². The van der Waals surface area contributed by atoms with Gasteiger partial charge in [0.2, 0.25) is 0 Å². The molecule has 1 amide bonds. The van der Waals surface area contributed by atoms with Crippen LogP contribution in [0.5, 0.6) is 11.5 Å². The van der Waals surface area contributed by atoms with Crippen LogP contribution in [0, 0.1) is 0 Å². The number of benzene rings is 1. The van der Waals surface area contributed by atoms with Crippen LogP contribution in [-0.2, 0) is 12.8 Å². The summed E-state index contributed by atoms with van der Waals surface area (Å²) in [6.07, 6.45) is 5.35.